The Labute approximate surface area is 190 Å². The second-order valence-corrected chi connectivity index (χ2v) is 9.06. The molecule has 3 aromatic rings. The monoisotopic (exact) mass is 456 g/mol. The van der Waals surface area contributed by atoms with E-state index in [4.69, 9.17) is 4.74 Å². The average Bonchev–Trinajstić information content (AvgIpc) is 3.44. The Bertz CT molecular complexity index is 1120. The highest BCUT2D eigenvalue weighted by Crippen LogP contribution is 2.38. The van der Waals surface area contributed by atoms with Crippen LogP contribution in [0.15, 0.2) is 24.5 Å². The number of halogens is 1. The number of fused-ring (bicyclic) bond motifs is 1. The molecule has 2 fully saturated rings. The van der Waals surface area contributed by atoms with Gasteiger partial charge in [0.1, 0.15) is 17.9 Å². The number of carbonyl (C=O) groups is 1. The Morgan fingerprint density at radius 3 is 2.97 bits per heavy atom. The van der Waals surface area contributed by atoms with Gasteiger partial charge in [-0.25, -0.2) is 19.2 Å². The fourth-order valence-corrected chi connectivity index (χ4v) is 4.39. The molecular weight excluding hydrogens is 427 g/mol. The number of likely N-dealkylation sites (tertiary alicyclic amines) is 1. The highest BCUT2D eigenvalue weighted by molar-refractivity contribution is 5.67. The lowest BCUT2D eigenvalue weighted by Gasteiger charge is -2.29. The summed E-state index contributed by atoms with van der Waals surface area (Å²) in [6, 6.07) is 3.59. The van der Waals surface area contributed by atoms with Gasteiger partial charge in [0, 0.05) is 42.7 Å². The predicted octanol–water partition coefficient (Wildman–Crippen LogP) is 3.12. The Morgan fingerprint density at radius 1 is 1.36 bits per heavy atom. The Kier molecular flexibility index (Phi) is 5.88. The van der Waals surface area contributed by atoms with E-state index in [1.807, 2.05) is 30.5 Å². The molecule has 1 saturated heterocycles. The molecule has 1 saturated carbocycles. The van der Waals surface area contributed by atoms with E-state index in [9.17, 15) is 4.79 Å². The summed E-state index contributed by atoms with van der Waals surface area (Å²) in [6.45, 7) is 6.70. The fraction of sp³-hybridized carbons (Fsp3) is 0.545. The Hall–Kier alpha value is -3.21. The summed E-state index contributed by atoms with van der Waals surface area (Å²) >= 11 is 0. The van der Waals surface area contributed by atoms with Gasteiger partial charge in [0.05, 0.1) is 5.69 Å². The van der Waals surface area contributed by atoms with Crippen LogP contribution in [0.25, 0.3) is 5.65 Å². The number of nitrogens with zero attached hydrogens (tertiary/aromatic N) is 5. The van der Waals surface area contributed by atoms with E-state index in [-0.39, 0.29) is 6.04 Å². The lowest BCUT2D eigenvalue weighted by molar-refractivity contribution is 0.0555. The van der Waals surface area contributed by atoms with Gasteiger partial charge in [-0.15, -0.1) is 0 Å². The number of nitrogens with one attached hydrogen (secondary N) is 3. The number of imidazole rings is 1. The van der Waals surface area contributed by atoms with Gasteiger partial charge in [0.15, 0.2) is 5.82 Å². The number of anilines is 2. The first-order valence-corrected chi connectivity index (χ1v) is 11.4. The molecule has 176 valence electrons. The molecule has 0 spiro atoms. The lowest BCUT2D eigenvalue weighted by atomic mass is 10.0. The molecule has 1 aliphatic carbocycles. The van der Waals surface area contributed by atoms with Crippen molar-refractivity contribution in [1.82, 2.24) is 34.8 Å². The summed E-state index contributed by atoms with van der Waals surface area (Å²) in [6.07, 6.45) is 3.31. The van der Waals surface area contributed by atoms with E-state index in [2.05, 4.69) is 35.7 Å². The number of amides is 1. The molecule has 3 atom stereocenters. The van der Waals surface area contributed by atoms with E-state index >= 15 is 4.39 Å². The third-order valence-electron chi connectivity index (χ3n) is 6.17. The summed E-state index contributed by atoms with van der Waals surface area (Å²) in [5, 5.41) is 13.1. The van der Waals surface area contributed by atoms with Crippen LogP contribution in [0.4, 0.5) is 21.0 Å². The topological polar surface area (TPSA) is 112 Å². The first-order valence-electron chi connectivity index (χ1n) is 11.4. The zero-order valence-electron chi connectivity index (χ0n) is 18.8. The third kappa shape index (κ3) is 4.63. The van der Waals surface area contributed by atoms with Crippen LogP contribution in [0.3, 0.4) is 0 Å². The summed E-state index contributed by atoms with van der Waals surface area (Å²) in [5.74, 6) is 0.713. The predicted molar refractivity (Wildman–Crippen MR) is 120 cm³/mol. The maximum Gasteiger partial charge on any atom is 0.407 e. The largest absolute Gasteiger partial charge is 0.443 e. The number of ether oxygens (including phenoxy) is 1. The molecule has 0 aromatic carbocycles. The molecule has 1 amide bonds. The van der Waals surface area contributed by atoms with Crippen LogP contribution in [-0.4, -0.2) is 67.0 Å². The van der Waals surface area contributed by atoms with Crippen molar-refractivity contribution in [3.8, 4) is 0 Å². The van der Waals surface area contributed by atoms with Gasteiger partial charge in [-0.2, -0.15) is 5.10 Å². The third-order valence-corrected chi connectivity index (χ3v) is 6.17. The maximum atomic E-state index is 15.0. The Morgan fingerprint density at radius 2 is 2.21 bits per heavy atom. The van der Waals surface area contributed by atoms with Gasteiger partial charge in [0.2, 0.25) is 5.95 Å². The first-order chi connectivity index (χ1) is 16.0. The molecule has 0 radical (unpaired) electrons. The summed E-state index contributed by atoms with van der Waals surface area (Å²) in [4.78, 5) is 23.3. The van der Waals surface area contributed by atoms with Crippen molar-refractivity contribution in [3.05, 3.63) is 35.9 Å². The van der Waals surface area contributed by atoms with Crippen molar-refractivity contribution in [2.24, 2.45) is 0 Å². The molecule has 4 heterocycles. The highest BCUT2D eigenvalue weighted by Gasteiger charge is 2.40. The molecule has 5 rings (SSSR count). The van der Waals surface area contributed by atoms with Crippen LogP contribution in [-0.2, 0) is 11.3 Å². The second-order valence-electron chi connectivity index (χ2n) is 9.06. The smallest absolute Gasteiger partial charge is 0.407 e. The molecule has 3 N–H and O–H groups in total. The Balaban J connectivity index is 1.26. The summed E-state index contributed by atoms with van der Waals surface area (Å²) < 4.78 is 22.2. The zero-order chi connectivity index (χ0) is 22.9. The van der Waals surface area contributed by atoms with Gasteiger partial charge in [0.25, 0.3) is 0 Å². The summed E-state index contributed by atoms with van der Waals surface area (Å²) in [5.41, 5.74) is 2.46. The molecule has 0 unspecified atom stereocenters. The number of rotatable bonds is 7. The molecule has 3 aromatic heterocycles. The molecular formula is C22H29FN8O2. The van der Waals surface area contributed by atoms with Crippen LogP contribution >= 0.6 is 0 Å². The number of H-pyrrole nitrogens is 1. The van der Waals surface area contributed by atoms with E-state index in [0.717, 1.165) is 31.0 Å². The van der Waals surface area contributed by atoms with Crippen molar-refractivity contribution < 1.29 is 13.9 Å². The standard InChI is InChI=1S/C22H29FN8O2/c1-13(2)25-22(32)33-17-5-4-15(20(17)23)16-10-18(29-28-16)27-21-24-7-6-19-26-14(12-31(19)21)11-30-8-3-9-30/h6-7,10,12-13,15,17,20H,3-5,8-9,11H2,1-2H3,(H,25,32)(H2,24,27,28,29)/t15-,17-,20+/m1/s1. The number of hydrogen-bond donors (Lipinski definition) is 3. The quantitative estimate of drug-likeness (QED) is 0.501. The van der Waals surface area contributed by atoms with Crippen LogP contribution in [0.2, 0.25) is 0 Å². The van der Waals surface area contributed by atoms with Gasteiger partial charge in [-0.3, -0.25) is 14.4 Å². The number of alkyl carbamates (subject to hydrolysis) is 1. The molecule has 1 aliphatic heterocycles. The number of carbonyl (C=O) groups excluding carboxylic acids is 1. The van der Waals surface area contributed by atoms with Crippen molar-refractivity contribution >= 4 is 23.5 Å². The minimum Gasteiger partial charge on any atom is -0.443 e. The minimum atomic E-state index is -1.30. The molecule has 33 heavy (non-hydrogen) atoms. The van der Waals surface area contributed by atoms with Gasteiger partial charge in [-0.05, 0) is 52.3 Å². The minimum absolute atomic E-state index is 0.0608. The highest BCUT2D eigenvalue weighted by atomic mass is 19.1. The molecule has 10 nitrogen and oxygen atoms in total. The van der Waals surface area contributed by atoms with Crippen molar-refractivity contribution in [2.45, 2.75) is 63.9 Å². The summed E-state index contributed by atoms with van der Waals surface area (Å²) in [7, 11) is 0. The molecule has 2 aliphatic rings. The van der Waals surface area contributed by atoms with Gasteiger partial charge >= 0.3 is 6.09 Å². The van der Waals surface area contributed by atoms with E-state index < -0.39 is 24.3 Å². The maximum absolute atomic E-state index is 15.0. The first kappa shape index (κ1) is 21.6. The van der Waals surface area contributed by atoms with Gasteiger partial charge < -0.3 is 15.4 Å². The SMILES string of the molecule is CC(C)NC(=O)O[C@@H]1CC[C@H](c2cc(Nc3nccc4nc(CN5CCC5)cn34)n[nH]2)[C@@H]1F. The van der Waals surface area contributed by atoms with E-state index in [1.165, 1.54) is 6.42 Å². The fourth-order valence-electron chi connectivity index (χ4n) is 4.39. The number of alkyl halides is 1. The van der Waals surface area contributed by atoms with Crippen molar-refractivity contribution in [3.63, 3.8) is 0 Å². The second kappa shape index (κ2) is 8.97. The van der Waals surface area contributed by atoms with Crippen LogP contribution < -0.4 is 10.6 Å². The zero-order valence-corrected chi connectivity index (χ0v) is 18.8. The van der Waals surface area contributed by atoms with Gasteiger partial charge in [-0.1, -0.05) is 0 Å². The average molecular weight is 457 g/mol. The molecule has 0 bridgehead atoms. The normalized spacial score (nSPS) is 23.1. The van der Waals surface area contributed by atoms with Crippen molar-refractivity contribution in [1.29, 1.82) is 0 Å². The van der Waals surface area contributed by atoms with Crippen LogP contribution in [0.5, 0.6) is 0 Å². The lowest BCUT2D eigenvalue weighted by Crippen LogP contribution is -2.36. The molecule has 11 heteroatoms. The van der Waals surface area contributed by atoms with E-state index in [0.29, 0.717) is 30.3 Å². The number of aromatic nitrogens is 5. The number of aromatic amines is 1. The van der Waals surface area contributed by atoms with E-state index in [1.54, 1.807) is 12.3 Å². The van der Waals surface area contributed by atoms with Crippen molar-refractivity contribution in [2.75, 3.05) is 18.4 Å². The van der Waals surface area contributed by atoms with Crippen LogP contribution in [0, 0.1) is 0 Å². The van der Waals surface area contributed by atoms with Crippen LogP contribution in [0.1, 0.15) is 50.4 Å². The number of hydrogen-bond acceptors (Lipinski definition) is 7.